The van der Waals surface area contributed by atoms with E-state index in [2.05, 4.69) is 46.2 Å². The third-order valence-corrected chi connectivity index (χ3v) is 18.2. The van der Waals surface area contributed by atoms with Crippen LogP contribution >= 0.6 is 0 Å². The molecule has 0 spiro atoms. The summed E-state index contributed by atoms with van der Waals surface area (Å²) in [7, 11) is -14.6. The SMILES string of the molecule is C.C.CCCC[Si](C)(C)O[Si](C)(C)O[Si](C)(C)CCCN(CCCS(=O)(=O)[O-])CCCS(=O)(=O)[O-]. The predicted octanol–water partition coefficient (Wildman–Crippen LogP) is 4.77. The van der Waals surface area contributed by atoms with Crippen LogP contribution in [0.25, 0.3) is 0 Å². The van der Waals surface area contributed by atoms with Crippen LogP contribution in [0.3, 0.4) is 0 Å². The quantitative estimate of drug-likeness (QED) is 0.153. The summed E-state index contributed by atoms with van der Waals surface area (Å²) < 4.78 is 78.5. The summed E-state index contributed by atoms with van der Waals surface area (Å²) in [6.45, 7) is 16.6. The summed E-state index contributed by atoms with van der Waals surface area (Å²) in [5, 5.41) is 0. The van der Waals surface area contributed by atoms with Crippen molar-refractivity contribution < 1.29 is 34.2 Å². The Hall–Kier alpha value is 0.351. The van der Waals surface area contributed by atoms with Gasteiger partial charge in [-0.05, 0) is 90.3 Å². The Kier molecular flexibility index (Phi) is 19.4. The van der Waals surface area contributed by atoms with Crippen molar-refractivity contribution in [1.82, 2.24) is 4.90 Å². The van der Waals surface area contributed by atoms with E-state index in [1.54, 1.807) is 0 Å². The second kappa shape index (κ2) is 17.0. The fraction of sp³-hybridized carbons (Fsp3) is 1.00. The number of rotatable bonds is 19. The lowest BCUT2D eigenvalue weighted by Crippen LogP contribution is -2.52. The van der Waals surface area contributed by atoms with E-state index in [0.717, 1.165) is 24.9 Å². The molecular weight excluding hydrogens is 543 g/mol. The second-order valence-electron chi connectivity index (χ2n) is 10.4. The molecule has 0 atom stereocenters. The van der Waals surface area contributed by atoms with Gasteiger partial charge in [0.2, 0.25) is 0 Å². The van der Waals surface area contributed by atoms with Gasteiger partial charge in [0.25, 0.3) is 0 Å². The molecule has 35 heavy (non-hydrogen) atoms. The van der Waals surface area contributed by atoms with Crippen molar-refractivity contribution in [2.45, 2.75) is 105 Å². The Morgan fingerprint density at radius 3 is 1.34 bits per heavy atom. The lowest BCUT2D eigenvalue weighted by atomic mass is 10.3. The molecule has 14 heteroatoms. The first-order valence-electron chi connectivity index (χ1n) is 11.8. The Balaban J connectivity index is -0.00000512. The number of hydrogen-bond donors (Lipinski definition) is 0. The molecule has 0 amide bonds. The first kappa shape index (κ1) is 39.9. The van der Waals surface area contributed by atoms with Gasteiger partial charge in [0, 0.05) is 11.5 Å². The van der Waals surface area contributed by atoms with Gasteiger partial charge >= 0.3 is 8.56 Å². The van der Waals surface area contributed by atoms with Crippen molar-refractivity contribution in [3.63, 3.8) is 0 Å². The van der Waals surface area contributed by atoms with Gasteiger partial charge in [0.05, 0.1) is 20.2 Å². The van der Waals surface area contributed by atoms with Gasteiger partial charge in [-0.25, -0.2) is 16.8 Å². The molecule has 0 N–H and O–H groups in total. The molecule has 0 aliphatic heterocycles. The maximum Gasteiger partial charge on any atom is 0.311 e. The summed E-state index contributed by atoms with van der Waals surface area (Å²) in [6, 6.07) is 2.00. The summed E-state index contributed by atoms with van der Waals surface area (Å²) >= 11 is 0. The van der Waals surface area contributed by atoms with E-state index in [1.165, 1.54) is 6.42 Å². The second-order valence-corrected chi connectivity index (χ2v) is 25.9. The molecular formula is C21H53NO8S2Si3-2. The summed E-state index contributed by atoms with van der Waals surface area (Å²) in [5.41, 5.74) is 0. The highest BCUT2D eigenvalue weighted by atomic mass is 32.2. The van der Waals surface area contributed by atoms with Gasteiger partial charge in [0.1, 0.15) is 0 Å². The maximum absolute atomic E-state index is 10.9. The monoisotopic (exact) mass is 595 g/mol. The first-order valence-corrected chi connectivity index (χ1v) is 24.0. The molecule has 0 rings (SSSR count). The molecule has 0 radical (unpaired) electrons. The molecule has 0 aromatic rings. The van der Waals surface area contributed by atoms with Gasteiger partial charge < -0.3 is 22.2 Å². The lowest BCUT2D eigenvalue weighted by molar-refractivity contribution is 0.272. The molecule has 0 aromatic carbocycles. The van der Waals surface area contributed by atoms with Gasteiger partial charge in [-0.3, -0.25) is 0 Å². The van der Waals surface area contributed by atoms with Gasteiger partial charge in [-0.1, -0.05) is 34.6 Å². The van der Waals surface area contributed by atoms with E-state index in [4.69, 9.17) is 8.23 Å². The summed E-state index contributed by atoms with van der Waals surface area (Å²) in [4.78, 5) is 1.93. The number of nitrogens with zero attached hydrogens (tertiary/aromatic N) is 1. The fourth-order valence-electron chi connectivity index (χ4n) is 4.05. The fourth-order valence-corrected chi connectivity index (χ4v) is 19.2. The molecule has 0 unspecified atom stereocenters. The molecule has 0 saturated carbocycles. The average Bonchev–Trinajstić information content (AvgIpc) is 2.55. The van der Waals surface area contributed by atoms with Crippen LogP contribution in [0.4, 0.5) is 0 Å². The molecule has 0 bridgehead atoms. The Bertz CT molecular complexity index is 737. The highest BCUT2D eigenvalue weighted by Crippen LogP contribution is 2.26. The predicted molar refractivity (Wildman–Crippen MR) is 152 cm³/mol. The van der Waals surface area contributed by atoms with Crippen LogP contribution in [-0.4, -0.2) is 87.2 Å². The first-order chi connectivity index (χ1) is 14.8. The normalized spacial score (nSPS) is 13.4. The summed E-state index contributed by atoms with van der Waals surface area (Å²) in [6.07, 6.45) is 3.48. The molecule has 0 heterocycles. The Morgan fingerprint density at radius 2 is 1.00 bits per heavy atom. The van der Waals surface area contributed by atoms with Gasteiger partial charge in [-0.2, -0.15) is 0 Å². The zero-order valence-electron chi connectivity index (χ0n) is 21.5. The van der Waals surface area contributed by atoms with E-state index >= 15 is 0 Å². The zero-order valence-corrected chi connectivity index (χ0v) is 26.1. The molecule has 216 valence electrons. The minimum atomic E-state index is -4.29. The van der Waals surface area contributed by atoms with Gasteiger partial charge in [0.15, 0.2) is 16.6 Å². The van der Waals surface area contributed by atoms with Crippen LogP contribution in [0.5, 0.6) is 0 Å². The molecule has 0 saturated heterocycles. The minimum absolute atomic E-state index is 0. The minimum Gasteiger partial charge on any atom is -0.748 e. The zero-order chi connectivity index (χ0) is 26.0. The van der Waals surface area contributed by atoms with Crippen molar-refractivity contribution in [3.8, 4) is 0 Å². The topological polar surface area (TPSA) is 136 Å². The number of hydrogen-bond acceptors (Lipinski definition) is 9. The van der Waals surface area contributed by atoms with Crippen LogP contribution in [0.15, 0.2) is 0 Å². The van der Waals surface area contributed by atoms with Crippen molar-refractivity contribution in [3.05, 3.63) is 0 Å². The van der Waals surface area contributed by atoms with Crippen LogP contribution in [-0.2, 0) is 28.5 Å². The van der Waals surface area contributed by atoms with Crippen molar-refractivity contribution in [2.75, 3.05) is 31.1 Å². The van der Waals surface area contributed by atoms with E-state index in [1.807, 2.05) is 4.90 Å². The van der Waals surface area contributed by atoms with E-state index in [0.29, 0.717) is 19.6 Å². The highest BCUT2D eigenvalue weighted by Gasteiger charge is 2.39. The van der Waals surface area contributed by atoms with Crippen molar-refractivity contribution in [1.29, 1.82) is 0 Å². The largest absolute Gasteiger partial charge is 0.748 e. The van der Waals surface area contributed by atoms with Gasteiger partial charge in [-0.15, -0.1) is 0 Å². The smallest absolute Gasteiger partial charge is 0.311 e. The lowest BCUT2D eigenvalue weighted by Gasteiger charge is -2.39. The van der Waals surface area contributed by atoms with Crippen molar-refractivity contribution >= 4 is 45.4 Å². The molecule has 0 aliphatic carbocycles. The van der Waals surface area contributed by atoms with E-state index in [-0.39, 0.29) is 27.7 Å². The Labute approximate surface area is 220 Å². The molecule has 0 fully saturated rings. The van der Waals surface area contributed by atoms with Crippen molar-refractivity contribution in [2.24, 2.45) is 0 Å². The average molecular weight is 596 g/mol. The van der Waals surface area contributed by atoms with Crippen LogP contribution < -0.4 is 0 Å². The van der Waals surface area contributed by atoms with Crippen LogP contribution in [0, 0.1) is 0 Å². The molecule has 9 nitrogen and oxygen atoms in total. The molecule has 0 aromatic heterocycles. The number of unbranched alkanes of at least 4 members (excludes halogenated alkanes) is 1. The van der Waals surface area contributed by atoms with E-state index in [9.17, 15) is 25.9 Å². The Morgan fingerprint density at radius 1 is 0.657 bits per heavy atom. The molecule has 0 aliphatic rings. The van der Waals surface area contributed by atoms with Crippen LogP contribution in [0.2, 0.25) is 51.4 Å². The van der Waals surface area contributed by atoms with Crippen LogP contribution in [0.1, 0.15) is 53.9 Å². The summed E-state index contributed by atoms with van der Waals surface area (Å²) in [5.74, 6) is -0.914. The highest BCUT2D eigenvalue weighted by molar-refractivity contribution is 7.85. The third kappa shape index (κ3) is 24.4. The maximum atomic E-state index is 10.9. The standard InChI is InChI=1S/C19H47NO8S2Si3.2CH4/c1-8-9-18-31(2,3)27-33(6,7)28-32(4,5)19-12-15-20(13-10-16-29(21,22)23)14-11-17-30(24,25)26;;/h8-19H2,1-7H3,(H,21,22,23)(H,24,25,26);2*1H4/p-2. The van der Waals surface area contributed by atoms with E-state index < -0.39 is 56.9 Å². The third-order valence-electron chi connectivity index (χ3n) is 5.17.